The highest BCUT2D eigenvalue weighted by Gasteiger charge is 2.03. The third kappa shape index (κ3) is 4.20. The molecule has 4 heteroatoms. The van der Waals surface area contributed by atoms with E-state index in [0.29, 0.717) is 0 Å². The molecular weight excluding hydrogens is 242 g/mol. The van der Waals surface area contributed by atoms with E-state index in [2.05, 4.69) is 46.7 Å². The van der Waals surface area contributed by atoms with Crippen molar-refractivity contribution < 1.29 is 0 Å². The first kappa shape index (κ1) is 13.2. The topological polar surface area (TPSA) is 37.8 Å². The minimum Gasteiger partial charge on any atom is -0.310 e. The van der Waals surface area contributed by atoms with Crippen molar-refractivity contribution >= 4 is 11.3 Å². The zero-order valence-corrected chi connectivity index (χ0v) is 11.5. The summed E-state index contributed by atoms with van der Waals surface area (Å²) in [5.41, 5.74) is 1.36. The summed E-state index contributed by atoms with van der Waals surface area (Å²) in [7, 11) is 0. The summed E-state index contributed by atoms with van der Waals surface area (Å²) in [4.78, 5) is 0. The molecule has 0 saturated heterocycles. The second kappa shape index (κ2) is 7.24. The minimum atomic E-state index is 0.844. The van der Waals surface area contributed by atoms with Crippen molar-refractivity contribution in [2.24, 2.45) is 0 Å². The van der Waals surface area contributed by atoms with Crippen LogP contribution in [0.5, 0.6) is 0 Å². The van der Waals surface area contributed by atoms with E-state index in [1.807, 2.05) is 6.07 Å². The largest absolute Gasteiger partial charge is 0.310 e. The van der Waals surface area contributed by atoms with Crippen LogP contribution in [0, 0.1) is 0 Å². The molecule has 0 aliphatic carbocycles. The minimum absolute atomic E-state index is 0.844. The van der Waals surface area contributed by atoms with E-state index in [1.54, 1.807) is 11.3 Å². The first-order chi connectivity index (χ1) is 8.88. The van der Waals surface area contributed by atoms with Crippen LogP contribution in [0.4, 0.5) is 0 Å². The lowest BCUT2D eigenvalue weighted by Gasteiger charge is -1.97. The number of aromatic nitrogens is 2. The van der Waals surface area contributed by atoms with Crippen molar-refractivity contribution in [3.8, 4) is 0 Å². The van der Waals surface area contributed by atoms with E-state index in [1.165, 1.54) is 5.56 Å². The Morgan fingerprint density at radius 1 is 1.06 bits per heavy atom. The van der Waals surface area contributed by atoms with Crippen molar-refractivity contribution in [1.82, 2.24) is 15.5 Å². The monoisotopic (exact) mass is 261 g/mol. The molecule has 0 bridgehead atoms. The SMILES string of the molecule is CCCNCc1nnc(CCc2ccccc2)s1. The lowest BCUT2D eigenvalue weighted by molar-refractivity contribution is 0.667. The van der Waals surface area contributed by atoms with Gasteiger partial charge < -0.3 is 5.32 Å². The second-order valence-corrected chi connectivity index (χ2v) is 5.40. The average molecular weight is 261 g/mol. The number of hydrogen-bond donors (Lipinski definition) is 1. The predicted molar refractivity (Wildman–Crippen MR) is 75.8 cm³/mol. The van der Waals surface area contributed by atoms with Crippen molar-refractivity contribution in [1.29, 1.82) is 0 Å². The van der Waals surface area contributed by atoms with Gasteiger partial charge in [0.2, 0.25) is 0 Å². The van der Waals surface area contributed by atoms with Crippen LogP contribution in [0.1, 0.15) is 28.9 Å². The van der Waals surface area contributed by atoms with Gasteiger partial charge in [0.15, 0.2) is 0 Å². The van der Waals surface area contributed by atoms with Gasteiger partial charge >= 0.3 is 0 Å². The Bertz CT molecular complexity index is 453. The highest BCUT2D eigenvalue weighted by molar-refractivity contribution is 7.11. The van der Waals surface area contributed by atoms with Crippen molar-refractivity contribution in [3.05, 3.63) is 45.9 Å². The lowest BCUT2D eigenvalue weighted by atomic mass is 10.1. The molecule has 1 heterocycles. The van der Waals surface area contributed by atoms with E-state index >= 15 is 0 Å². The Kier molecular flexibility index (Phi) is 5.30. The molecule has 2 aromatic rings. The van der Waals surface area contributed by atoms with Gasteiger partial charge in [0, 0.05) is 13.0 Å². The van der Waals surface area contributed by atoms with Gasteiger partial charge in [-0.3, -0.25) is 0 Å². The van der Waals surface area contributed by atoms with Gasteiger partial charge in [-0.15, -0.1) is 21.5 Å². The molecule has 1 aromatic heterocycles. The summed E-state index contributed by atoms with van der Waals surface area (Å²) >= 11 is 1.72. The van der Waals surface area contributed by atoms with E-state index in [-0.39, 0.29) is 0 Å². The molecule has 0 amide bonds. The van der Waals surface area contributed by atoms with E-state index in [9.17, 15) is 0 Å². The molecule has 18 heavy (non-hydrogen) atoms. The van der Waals surface area contributed by atoms with Gasteiger partial charge in [-0.05, 0) is 24.9 Å². The number of nitrogens with one attached hydrogen (secondary N) is 1. The maximum absolute atomic E-state index is 4.24. The summed E-state index contributed by atoms with van der Waals surface area (Å²) in [5.74, 6) is 0. The molecule has 0 unspecified atom stereocenters. The van der Waals surface area contributed by atoms with Gasteiger partial charge in [0.1, 0.15) is 10.0 Å². The molecule has 0 aliphatic rings. The molecule has 1 aromatic carbocycles. The number of benzene rings is 1. The summed E-state index contributed by atoms with van der Waals surface area (Å²) in [6, 6.07) is 10.5. The number of nitrogens with zero attached hydrogens (tertiary/aromatic N) is 2. The zero-order valence-electron chi connectivity index (χ0n) is 10.7. The second-order valence-electron chi connectivity index (χ2n) is 4.25. The maximum atomic E-state index is 4.24. The highest BCUT2D eigenvalue weighted by atomic mass is 32.1. The Labute approximate surface area is 112 Å². The van der Waals surface area contributed by atoms with Crippen LogP contribution in [0.3, 0.4) is 0 Å². The van der Waals surface area contributed by atoms with Crippen LogP contribution in [0.15, 0.2) is 30.3 Å². The van der Waals surface area contributed by atoms with Crippen molar-refractivity contribution in [3.63, 3.8) is 0 Å². The van der Waals surface area contributed by atoms with Crippen LogP contribution in [-0.4, -0.2) is 16.7 Å². The average Bonchev–Trinajstić information content (AvgIpc) is 2.86. The first-order valence-corrected chi connectivity index (χ1v) is 7.26. The van der Waals surface area contributed by atoms with Crippen molar-refractivity contribution in [2.75, 3.05) is 6.54 Å². The molecule has 0 atom stereocenters. The van der Waals surface area contributed by atoms with E-state index < -0.39 is 0 Å². The Morgan fingerprint density at radius 3 is 2.61 bits per heavy atom. The molecule has 0 aliphatic heterocycles. The Balaban J connectivity index is 1.80. The predicted octanol–water partition coefficient (Wildman–Crippen LogP) is 2.82. The molecule has 0 spiro atoms. The van der Waals surface area contributed by atoms with Crippen LogP contribution in [-0.2, 0) is 19.4 Å². The lowest BCUT2D eigenvalue weighted by Crippen LogP contribution is -2.13. The summed E-state index contributed by atoms with van der Waals surface area (Å²) in [6.45, 7) is 4.05. The third-order valence-corrected chi connectivity index (χ3v) is 3.67. The molecule has 96 valence electrons. The fraction of sp³-hybridized carbons (Fsp3) is 0.429. The fourth-order valence-electron chi connectivity index (χ4n) is 1.73. The normalized spacial score (nSPS) is 10.7. The van der Waals surface area contributed by atoms with Gasteiger partial charge in [-0.2, -0.15) is 0 Å². The van der Waals surface area contributed by atoms with Crippen LogP contribution < -0.4 is 5.32 Å². The molecule has 0 saturated carbocycles. The Hall–Kier alpha value is -1.26. The number of hydrogen-bond acceptors (Lipinski definition) is 4. The van der Waals surface area contributed by atoms with Gasteiger partial charge in [0.25, 0.3) is 0 Å². The molecule has 2 rings (SSSR count). The molecular formula is C14H19N3S. The molecule has 1 N–H and O–H groups in total. The zero-order chi connectivity index (χ0) is 12.6. The summed E-state index contributed by atoms with van der Waals surface area (Å²) in [6.07, 6.45) is 3.17. The third-order valence-electron chi connectivity index (χ3n) is 2.68. The fourth-order valence-corrected chi connectivity index (χ4v) is 2.54. The van der Waals surface area contributed by atoms with Crippen LogP contribution >= 0.6 is 11.3 Å². The Morgan fingerprint density at radius 2 is 1.83 bits per heavy atom. The van der Waals surface area contributed by atoms with Crippen LogP contribution in [0.2, 0.25) is 0 Å². The molecule has 3 nitrogen and oxygen atoms in total. The van der Waals surface area contributed by atoms with Gasteiger partial charge in [0.05, 0.1) is 0 Å². The van der Waals surface area contributed by atoms with E-state index in [0.717, 1.165) is 42.4 Å². The highest BCUT2D eigenvalue weighted by Crippen LogP contribution is 2.12. The number of aryl methyl sites for hydroxylation is 2. The maximum Gasteiger partial charge on any atom is 0.131 e. The smallest absolute Gasteiger partial charge is 0.131 e. The van der Waals surface area contributed by atoms with Gasteiger partial charge in [-0.25, -0.2) is 0 Å². The standard InChI is InChI=1S/C14H19N3S/c1-2-10-15-11-14-17-16-13(18-14)9-8-12-6-4-3-5-7-12/h3-7,15H,2,8-11H2,1H3. The first-order valence-electron chi connectivity index (χ1n) is 6.44. The summed E-state index contributed by atoms with van der Waals surface area (Å²) < 4.78 is 0. The van der Waals surface area contributed by atoms with E-state index in [4.69, 9.17) is 0 Å². The van der Waals surface area contributed by atoms with Gasteiger partial charge in [-0.1, -0.05) is 37.3 Å². The molecule has 0 radical (unpaired) electrons. The molecule has 0 fully saturated rings. The number of rotatable bonds is 7. The summed E-state index contributed by atoms with van der Waals surface area (Å²) in [5, 5.41) is 14.0. The van der Waals surface area contributed by atoms with Crippen LogP contribution in [0.25, 0.3) is 0 Å². The van der Waals surface area contributed by atoms with Crippen molar-refractivity contribution in [2.45, 2.75) is 32.7 Å². The quantitative estimate of drug-likeness (QED) is 0.779.